The van der Waals surface area contributed by atoms with Gasteiger partial charge >= 0.3 is 0 Å². The van der Waals surface area contributed by atoms with E-state index in [-0.39, 0.29) is 11.8 Å². The van der Waals surface area contributed by atoms with Crippen molar-refractivity contribution >= 4 is 17.7 Å². The smallest absolute Gasteiger partial charge is 0.227 e. The number of hydrogen-bond acceptors (Lipinski definition) is 6. The van der Waals surface area contributed by atoms with E-state index < -0.39 is 0 Å². The van der Waals surface area contributed by atoms with Gasteiger partial charge in [-0.15, -0.1) is 0 Å². The summed E-state index contributed by atoms with van der Waals surface area (Å²) < 4.78 is 0. The Balaban J connectivity index is 2.04. The van der Waals surface area contributed by atoms with Crippen LogP contribution in [0.3, 0.4) is 0 Å². The molecule has 0 spiro atoms. The van der Waals surface area contributed by atoms with Crippen LogP contribution in [0.4, 0.5) is 11.8 Å². The van der Waals surface area contributed by atoms with Crippen LogP contribution in [0.25, 0.3) is 0 Å². The maximum absolute atomic E-state index is 12.8. The van der Waals surface area contributed by atoms with Gasteiger partial charge in [0.25, 0.3) is 0 Å². The number of anilines is 2. The fraction of sp³-hybridized carbons (Fsp3) is 0.783. The lowest BCUT2D eigenvalue weighted by molar-refractivity contribution is -0.135. The third-order valence-corrected chi connectivity index (χ3v) is 5.97. The summed E-state index contributed by atoms with van der Waals surface area (Å²) in [6.45, 7) is 20.0. The van der Waals surface area contributed by atoms with Crippen LogP contribution in [0.2, 0.25) is 0 Å². The number of rotatable bonds is 10. The minimum atomic E-state index is 0.0322. The number of hydrogen-bond donors (Lipinski definition) is 1. The molecule has 0 radical (unpaired) electrons. The van der Waals surface area contributed by atoms with Crippen molar-refractivity contribution in [3.63, 3.8) is 0 Å². The van der Waals surface area contributed by atoms with Gasteiger partial charge in [0.1, 0.15) is 5.82 Å². The first-order chi connectivity index (χ1) is 14.3. The quantitative estimate of drug-likeness (QED) is 0.628. The lowest BCUT2D eigenvalue weighted by atomic mass is 9.96. The standard InChI is InChI=1S/C23H42N6O/c1-8-27(9-2)22(30)20-11-10-13-28(16-20)23-25-19(7)15-21(26-23)24-12-14-29(17(3)4)18(5)6/h15,17-18,20H,8-14,16H2,1-7H3,(H,24,25,26). The molecule has 30 heavy (non-hydrogen) atoms. The Morgan fingerprint density at radius 3 is 2.47 bits per heavy atom. The maximum Gasteiger partial charge on any atom is 0.227 e. The molecule has 0 saturated carbocycles. The number of nitrogens with zero attached hydrogens (tertiary/aromatic N) is 5. The van der Waals surface area contributed by atoms with Gasteiger partial charge in [-0.1, -0.05) is 0 Å². The molecule has 1 aromatic heterocycles. The molecule has 0 aliphatic carbocycles. The Labute approximate surface area is 183 Å². The summed E-state index contributed by atoms with van der Waals surface area (Å²) in [4.78, 5) is 28.9. The second-order valence-electron chi connectivity index (χ2n) is 8.84. The molecule has 7 nitrogen and oxygen atoms in total. The Kier molecular flexibility index (Phi) is 9.34. The maximum atomic E-state index is 12.8. The zero-order valence-electron chi connectivity index (χ0n) is 20.1. The second-order valence-corrected chi connectivity index (χ2v) is 8.84. The topological polar surface area (TPSA) is 64.6 Å². The zero-order chi connectivity index (χ0) is 22.3. The molecule has 170 valence electrons. The van der Waals surface area contributed by atoms with Crippen molar-refractivity contribution in [1.29, 1.82) is 0 Å². The fourth-order valence-corrected chi connectivity index (χ4v) is 4.36. The van der Waals surface area contributed by atoms with Crippen LogP contribution >= 0.6 is 0 Å². The van der Waals surface area contributed by atoms with E-state index >= 15 is 0 Å². The van der Waals surface area contributed by atoms with E-state index in [1.54, 1.807) is 0 Å². The van der Waals surface area contributed by atoms with Crippen LogP contribution in [-0.4, -0.2) is 77.0 Å². The van der Waals surface area contributed by atoms with Crippen molar-refractivity contribution in [2.45, 2.75) is 73.4 Å². The number of piperidine rings is 1. The van der Waals surface area contributed by atoms with Gasteiger partial charge in [-0.25, -0.2) is 4.98 Å². The highest BCUT2D eigenvalue weighted by molar-refractivity contribution is 5.79. The first-order valence-corrected chi connectivity index (χ1v) is 11.7. The molecular weight excluding hydrogens is 376 g/mol. The minimum Gasteiger partial charge on any atom is -0.369 e. The summed E-state index contributed by atoms with van der Waals surface area (Å²) in [6, 6.07) is 3.03. The van der Waals surface area contributed by atoms with E-state index in [0.717, 1.165) is 63.0 Å². The zero-order valence-corrected chi connectivity index (χ0v) is 20.1. The molecule has 1 aromatic rings. The largest absolute Gasteiger partial charge is 0.369 e. The van der Waals surface area contributed by atoms with Crippen LogP contribution in [0.15, 0.2) is 6.07 Å². The molecular formula is C23H42N6O. The molecule has 1 amide bonds. The average molecular weight is 419 g/mol. The van der Waals surface area contributed by atoms with Crippen LogP contribution in [0, 0.1) is 12.8 Å². The summed E-state index contributed by atoms with van der Waals surface area (Å²) in [5, 5.41) is 3.48. The third kappa shape index (κ3) is 6.56. The predicted octanol–water partition coefficient (Wildman–Crippen LogP) is 3.40. The molecule has 1 atom stereocenters. The van der Waals surface area contributed by atoms with Crippen molar-refractivity contribution in [3.05, 3.63) is 11.8 Å². The van der Waals surface area contributed by atoms with Crippen molar-refractivity contribution in [3.8, 4) is 0 Å². The predicted molar refractivity (Wildman–Crippen MR) is 125 cm³/mol. The Hall–Kier alpha value is -1.89. The molecule has 0 bridgehead atoms. The molecule has 1 N–H and O–H groups in total. The van der Waals surface area contributed by atoms with Gasteiger partial charge in [-0.2, -0.15) is 4.98 Å². The van der Waals surface area contributed by atoms with E-state index in [1.807, 2.05) is 31.7 Å². The van der Waals surface area contributed by atoms with Gasteiger partial charge < -0.3 is 15.1 Å². The van der Waals surface area contributed by atoms with Crippen molar-refractivity contribution < 1.29 is 4.79 Å². The van der Waals surface area contributed by atoms with Gasteiger partial charge in [-0.05, 0) is 61.3 Å². The number of aryl methyl sites for hydroxylation is 1. The van der Waals surface area contributed by atoms with Crippen molar-refractivity contribution in [2.75, 3.05) is 49.5 Å². The summed E-state index contributed by atoms with van der Waals surface area (Å²) >= 11 is 0. The summed E-state index contributed by atoms with van der Waals surface area (Å²) in [5.74, 6) is 1.89. The molecule has 1 aliphatic rings. The molecule has 1 saturated heterocycles. The summed E-state index contributed by atoms with van der Waals surface area (Å²) in [7, 11) is 0. The van der Waals surface area contributed by atoms with Crippen molar-refractivity contribution in [1.82, 2.24) is 19.8 Å². The monoisotopic (exact) mass is 418 g/mol. The number of carbonyl (C=O) groups is 1. The third-order valence-electron chi connectivity index (χ3n) is 5.97. The van der Waals surface area contributed by atoms with E-state index in [2.05, 4.69) is 47.8 Å². The number of nitrogens with one attached hydrogen (secondary N) is 1. The van der Waals surface area contributed by atoms with E-state index in [1.165, 1.54) is 0 Å². The van der Waals surface area contributed by atoms with E-state index in [0.29, 0.717) is 18.6 Å². The molecule has 2 heterocycles. The molecule has 2 rings (SSSR count). The molecule has 0 aromatic carbocycles. The number of aromatic nitrogens is 2. The van der Waals surface area contributed by atoms with Crippen LogP contribution < -0.4 is 10.2 Å². The molecule has 7 heteroatoms. The molecule has 1 unspecified atom stereocenters. The van der Waals surface area contributed by atoms with Crippen molar-refractivity contribution in [2.24, 2.45) is 5.92 Å². The SMILES string of the molecule is CCN(CC)C(=O)C1CCCN(c2nc(C)cc(NCCN(C(C)C)C(C)C)n2)C1. The first-order valence-electron chi connectivity index (χ1n) is 11.7. The highest BCUT2D eigenvalue weighted by Crippen LogP contribution is 2.23. The highest BCUT2D eigenvalue weighted by atomic mass is 16.2. The molecule has 1 fully saturated rings. The van der Waals surface area contributed by atoms with E-state index in [4.69, 9.17) is 4.98 Å². The molecule has 1 aliphatic heterocycles. The van der Waals surface area contributed by atoms with Gasteiger partial charge in [0.05, 0.1) is 5.92 Å². The lowest BCUT2D eigenvalue weighted by Crippen LogP contribution is -2.45. The van der Waals surface area contributed by atoms with Gasteiger partial charge in [-0.3, -0.25) is 9.69 Å². The van der Waals surface area contributed by atoms with Gasteiger partial charge in [0.2, 0.25) is 11.9 Å². The average Bonchev–Trinajstić information content (AvgIpc) is 2.71. The summed E-state index contributed by atoms with van der Waals surface area (Å²) in [6.07, 6.45) is 1.94. The number of amides is 1. The second kappa shape index (κ2) is 11.5. The Morgan fingerprint density at radius 1 is 1.20 bits per heavy atom. The fourth-order valence-electron chi connectivity index (χ4n) is 4.36. The minimum absolute atomic E-state index is 0.0322. The van der Waals surface area contributed by atoms with E-state index in [9.17, 15) is 4.79 Å². The number of carbonyl (C=O) groups excluding carboxylic acids is 1. The normalized spacial score (nSPS) is 17.1. The van der Waals surface area contributed by atoms with Crippen LogP contribution in [0.5, 0.6) is 0 Å². The highest BCUT2D eigenvalue weighted by Gasteiger charge is 2.29. The van der Waals surface area contributed by atoms with Crippen LogP contribution in [-0.2, 0) is 4.79 Å². The van der Waals surface area contributed by atoms with Crippen LogP contribution in [0.1, 0.15) is 60.1 Å². The van der Waals surface area contributed by atoms with Gasteiger partial charge in [0.15, 0.2) is 0 Å². The Bertz CT molecular complexity index is 666. The van der Waals surface area contributed by atoms with Gasteiger partial charge in [0, 0.05) is 63.1 Å². The first kappa shape index (κ1) is 24.4. The lowest BCUT2D eigenvalue weighted by Gasteiger charge is -2.34. The Morgan fingerprint density at radius 2 is 1.87 bits per heavy atom. The summed E-state index contributed by atoms with van der Waals surface area (Å²) in [5.41, 5.74) is 0.948.